The molecule has 16 rings (SSSR count). The van der Waals surface area contributed by atoms with Gasteiger partial charge in [0, 0.05) is 44.9 Å². The molecule has 2 aliphatic carbocycles. The Labute approximate surface area is 610 Å². The molecule has 4 heteroatoms. The Balaban J connectivity index is 0.992. The lowest BCUT2D eigenvalue weighted by Gasteiger charge is -2.45. The number of rotatable bonds is 7. The van der Waals surface area contributed by atoms with E-state index < -0.39 is 0 Å². The first-order valence-corrected chi connectivity index (χ1v) is 37.9. The maximum Gasteiger partial charge on any atom is 0.252 e. The summed E-state index contributed by atoms with van der Waals surface area (Å²) < 4.78 is 2.59. The molecule has 0 spiro atoms. The first kappa shape index (κ1) is 67.4. The number of aromatic nitrogens is 1. The first-order chi connectivity index (χ1) is 48.0. The van der Waals surface area contributed by atoms with Gasteiger partial charge in [-0.15, -0.1) is 0 Å². The zero-order valence-corrected chi connectivity index (χ0v) is 64.5. The van der Waals surface area contributed by atoms with Gasteiger partial charge >= 0.3 is 0 Å². The minimum Gasteiger partial charge on any atom is -0.311 e. The molecule has 4 aliphatic rings. The molecule has 514 valence electrons. The highest BCUT2D eigenvalue weighted by Gasteiger charge is 2.46. The predicted molar refractivity (Wildman–Crippen MR) is 442 cm³/mol. The minimum absolute atomic E-state index is 0.0237. The molecule has 0 bridgehead atoms. The highest BCUT2D eigenvalue weighted by molar-refractivity contribution is 7.00. The van der Waals surface area contributed by atoms with Crippen molar-refractivity contribution in [2.75, 3.05) is 9.80 Å². The van der Waals surface area contributed by atoms with Gasteiger partial charge < -0.3 is 14.4 Å². The quantitative estimate of drug-likeness (QED) is 0.147. The molecule has 2 aliphatic heterocycles. The molecule has 0 fully saturated rings. The van der Waals surface area contributed by atoms with Crippen LogP contribution in [0.5, 0.6) is 0 Å². The van der Waals surface area contributed by atoms with Gasteiger partial charge in [-0.2, -0.15) is 0 Å². The van der Waals surface area contributed by atoms with Crippen LogP contribution in [0.15, 0.2) is 218 Å². The van der Waals surface area contributed by atoms with Crippen molar-refractivity contribution in [3.63, 3.8) is 0 Å². The molecule has 0 radical (unpaired) electrons. The summed E-state index contributed by atoms with van der Waals surface area (Å²) in [6.07, 6.45) is 4.73. The van der Waals surface area contributed by atoms with Crippen LogP contribution in [0.2, 0.25) is 0 Å². The fourth-order valence-corrected chi connectivity index (χ4v) is 17.7. The summed E-state index contributed by atoms with van der Waals surface area (Å²) in [7, 11) is 0. The Morgan fingerprint density at radius 1 is 0.275 bits per heavy atom. The fourth-order valence-electron chi connectivity index (χ4n) is 17.7. The van der Waals surface area contributed by atoms with Crippen LogP contribution in [0.1, 0.15) is 209 Å². The van der Waals surface area contributed by atoms with Gasteiger partial charge in [-0.05, 0) is 247 Å². The van der Waals surface area contributed by atoms with E-state index in [-0.39, 0.29) is 50.0 Å². The lowest BCUT2D eigenvalue weighted by Crippen LogP contribution is -2.61. The van der Waals surface area contributed by atoms with Gasteiger partial charge in [0.2, 0.25) is 0 Å². The molecular weight excluding hydrogens is 1230 g/mol. The molecular formula is C98H104BN3. The normalized spacial score (nSPS) is 16.5. The Morgan fingerprint density at radius 3 is 0.971 bits per heavy atom. The predicted octanol–water partition coefficient (Wildman–Crippen LogP) is 25.4. The topological polar surface area (TPSA) is 11.4 Å². The van der Waals surface area contributed by atoms with Crippen molar-refractivity contribution in [3.05, 3.63) is 263 Å². The molecule has 0 saturated carbocycles. The van der Waals surface area contributed by atoms with E-state index in [1.54, 1.807) is 0 Å². The molecule has 0 saturated heterocycles. The highest BCUT2D eigenvalue weighted by atomic mass is 15.2. The van der Waals surface area contributed by atoms with Gasteiger partial charge in [0.1, 0.15) is 0 Å². The van der Waals surface area contributed by atoms with Crippen molar-refractivity contribution in [1.29, 1.82) is 0 Å². The van der Waals surface area contributed by atoms with E-state index in [0.717, 1.165) is 17.1 Å². The van der Waals surface area contributed by atoms with Crippen molar-refractivity contribution in [1.82, 2.24) is 4.57 Å². The molecule has 0 atom stereocenters. The minimum atomic E-state index is -0.162. The summed E-state index contributed by atoms with van der Waals surface area (Å²) in [5.41, 5.74) is 35.8. The van der Waals surface area contributed by atoms with Crippen LogP contribution in [0.25, 0.3) is 72.0 Å². The maximum atomic E-state index is 2.64. The molecule has 1 aromatic heterocycles. The van der Waals surface area contributed by atoms with Gasteiger partial charge in [-0.1, -0.05) is 284 Å². The van der Waals surface area contributed by atoms with Crippen molar-refractivity contribution in [2.24, 2.45) is 0 Å². The second kappa shape index (κ2) is 23.2. The van der Waals surface area contributed by atoms with E-state index >= 15 is 0 Å². The SMILES string of the molecule is CC(C)(C)c1cccc(-c2ccc3c(c2)B2c4cc(-c5cccc(C(C)(C)C)c5)ccc4N(c4ccc(-c5ccc6c(c5)C(C)(C)CCC6(C)C)cc4)c4cc(-n5c6ccc(C(C)(C)C)cc6c6cc(C(C)(C)C)ccc65)cc(c42)N3c2ccc(-c3ccc4c(c3)C(C)(C)CCC4(C)C)cc2)c1. The van der Waals surface area contributed by atoms with Gasteiger partial charge in [-0.25, -0.2) is 0 Å². The molecule has 0 N–H and O–H groups in total. The molecule has 3 heterocycles. The standard InChI is InChI=1S/C98H104BN3/c1-91(2,3)69-25-21-23-63(51-69)67-33-43-86-82(55-67)99-83-56-68(64-24-22-26-70(52-64)92(4,5)6)34-44-87(83)101(74-39-29-62(30-40-74)66-32-42-79-81(54-66)98(19,20)50-48-96(79,15)16)89-60-75(102-84-45-35-71(93(7,8)9)57-76(84)77-58-72(94(10,11)12)36-46-85(77)102)59-88(90(89)99)100(86)73-37-27-61(28-38-73)65-31-41-78-80(53-65)97(17,18)49-47-95(78,13)14/h21-46,51-60H,47-50H2,1-20H3. The van der Waals surface area contributed by atoms with Crippen molar-refractivity contribution < 1.29 is 0 Å². The van der Waals surface area contributed by atoms with Gasteiger partial charge in [0.15, 0.2) is 0 Å². The average molecular weight is 1330 g/mol. The van der Waals surface area contributed by atoms with Gasteiger partial charge in [0.25, 0.3) is 6.71 Å². The van der Waals surface area contributed by atoms with E-state index in [0.29, 0.717) is 0 Å². The average Bonchev–Trinajstić information content (AvgIpc) is 0.986. The van der Waals surface area contributed by atoms with Crippen LogP contribution in [0.4, 0.5) is 34.1 Å². The Bertz CT molecular complexity index is 5050. The molecule has 12 aromatic rings. The lowest BCUT2D eigenvalue weighted by atomic mass is 9.33. The summed E-state index contributed by atoms with van der Waals surface area (Å²) in [5, 5.41) is 2.55. The zero-order chi connectivity index (χ0) is 71.9. The summed E-state index contributed by atoms with van der Waals surface area (Å²) in [4.78, 5) is 5.27. The van der Waals surface area contributed by atoms with Crippen LogP contribution in [-0.2, 0) is 43.3 Å². The summed E-state index contributed by atoms with van der Waals surface area (Å²) in [6.45, 7) is 47.4. The summed E-state index contributed by atoms with van der Waals surface area (Å²) in [5.74, 6) is 0. The van der Waals surface area contributed by atoms with Gasteiger partial charge in [-0.3, -0.25) is 0 Å². The molecule has 0 unspecified atom stereocenters. The largest absolute Gasteiger partial charge is 0.311 e. The van der Waals surface area contributed by atoms with Crippen LogP contribution in [0.3, 0.4) is 0 Å². The van der Waals surface area contributed by atoms with Crippen LogP contribution in [-0.4, -0.2) is 11.3 Å². The monoisotopic (exact) mass is 1330 g/mol. The van der Waals surface area contributed by atoms with E-state index in [1.165, 1.54) is 176 Å². The number of anilines is 6. The molecule has 11 aromatic carbocycles. The number of nitrogens with zero attached hydrogens (tertiary/aromatic N) is 3. The summed E-state index contributed by atoms with van der Waals surface area (Å²) >= 11 is 0. The van der Waals surface area contributed by atoms with Crippen LogP contribution < -0.4 is 26.2 Å². The molecule has 0 amide bonds. The van der Waals surface area contributed by atoms with Crippen molar-refractivity contribution in [3.8, 4) is 50.2 Å². The molecule has 102 heavy (non-hydrogen) atoms. The lowest BCUT2D eigenvalue weighted by molar-refractivity contribution is 0.332. The number of hydrogen-bond donors (Lipinski definition) is 0. The third kappa shape index (κ3) is 11.3. The van der Waals surface area contributed by atoms with E-state index in [4.69, 9.17) is 0 Å². The Hall–Kier alpha value is -9.12. The fraction of sp³-hybridized carbons (Fsp3) is 0.327. The number of hydrogen-bond acceptors (Lipinski definition) is 2. The maximum absolute atomic E-state index is 2.64. The van der Waals surface area contributed by atoms with Crippen molar-refractivity contribution >= 4 is 79.0 Å². The third-order valence-corrected chi connectivity index (χ3v) is 24.6. The second-order valence-corrected chi connectivity index (χ2v) is 37.7. The second-order valence-electron chi connectivity index (χ2n) is 37.7. The van der Waals surface area contributed by atoms with E-state index in [2.05, 4.69) is 371 Å². The zero-order valence-electron chi connectivity index (χ0n) is 64.5. The third-order valence-electron chi connectivity index (χ3n) is 24.6. The summed E-state index contributed by atoms with van der Waals surface area (Å²) in [6, 6.07) is 87.0. The van der Waals surface area contributed by atoms with Crippen LogP contribution in [0, 0.1) is 0 Å². The van der Waals surface area contributed by atoms with E-state index in [9.17, 15) is 0 Å². The van der Waals surface area contributed by atoms with E-state index in [1.807, 2.05) is 0 Å². The Kier molecular flexibility index (Phi) is 15.3. The smallest absolute Gasteiger partial charge is 0.252 e. The van der Waals surface area contributed by atoms with Gasteiger partial charge in [0.05, 0.1) is 16.7 Å². The Morgan fingerprint density at radius 2 is 0.598 bits per heavy atom. The first-order valence-electron chi connectivity index (χ1n) is 37.9. The van der Waals surface area contributed by atoms with Crippen molar-refractivity contribution in [2.45, 2.75) is 207 Å². The van der Waals surface area contributed by atoms with Crippen LogP contribution >= 0.6 is 0 Å². The molecule has 3 nitrogen and oxygen atoms in total. The number of benzene rings is 11. The highest BCUT2D eigenvalue weighted by Crippen LogP contribution is 2.52. The number of fused-ring (bicyclic) bond motifs is 9.